The molecule has 0 aromatic heterocycles. The van der Waals surface area contributed by atoms with Gasteiger partial charge in [0.1, 0.15) is 0 Å². The van der Waals surface area contributed by atoms with Gasteiger partial charge in [-0.15, -0.1) is 0 Å². The maximum Gasteiger partial charge on any atom is 0.0548 e. The Hall–Kier alpha value is -0.670. The monoisotopic (exact) mass is 305 g/mol. The Morgan fingerprint density at radius 2 is 1.86 bits per heavy atom. The van der Waals surface area contributed by atoms with E-state index in [0.717, 1.165) is 12.2 Å². The lowest BCUT2D eigenvalue weighted by atomic mass is 9.81. The van der Waals surface area contributed by atoms with Crippen LogP contribution in [0.2, 0.25) is 0 Å². The highest BCUT2D eigenvalue weighted by Crippen LogP contribution is 2.40. The van der Waals surface area contributed by atoms with Crippen LogP contribution in [-0.4, -0.2) is 22.3 Å². The van der Waals surface area contributed by atoms with Crippen molar-refractivity contribution in [3.8, 4) is 0 Å². The maximum atomic E-state index is 12.9. The number of benzene rings is 1. The van der Waals surface area contributed by atoms with Gasteiger partial charge in [-0.2, -0.15) is 0 Å². The van der Waals surface area contributed by atoms with Crippen molar-refractivity contribution in [3.05, 3.63) is 35.4 Å². The third-order valence-electron chi connectivity index (χ3n) is 5.34. The minimum absolute atomic E-state index is 0.250. The van der Waals surface area contributed by atoms with Crippen LogP contribution in [0.3, 0.4) is 0 Å². The minimum Gasteiger partial charge on any atom is -0.312 e. The first-order chi connectivity index (χ1) is 10.2. The zero-order valence-electron chi connectivity index (χ0n) is 13.2. The van der Waals surface area contributed by atoms with Crippen LogP contribution in [0.5, 0.6) is 0 Å². The summed E-state index contributed by atoms with van der Waals surface area (Å²) in [4.78, 5) is 0. The Kier molecular flexibility index (Phi) is 4.80. The van der Waals surface area contributed by atoms with E-state index in [4.69, 9.17) is 0 Å². The number of fused-ring (bicyclic) bond motifs is 1. The zero-order chi connectivity index (χ0) is 14.8. The maximum absolute atomic E-state index is 12.9. The fraction of sp³-hybridized carbons (Fsp3) is 0.667. The summed E-state index contributed by atoms with van der Waals surface area (Å²) < 4.78 is 12.9. The molecule has 3 heteroatoms. The predicted octanol–water partition coefficient (Wildman–Crippen LogP) is 3.76. The quantitative estimate of drug-likeness (QED) is 0.917. The predicted molar refractivity (Wildman–Crippen MR) is 90.0 cm³/mol. The Bertz CT molecular complexity index is 510. The van der Waals surface area contributed by atoms with Crippen molar-refractivity contribution >= 4 is 10.8 Å². The summed E-state index contributed by atoms with van der Waals surface area (Å²) >= 11 is 0. The summed E-state index contributed by atoms with van der Waals surface area (Å²) in [6.07, 6.45) is 6.29. The van der Waals surface area contributed by atoms with Gasteiger partial charge in [-0.25, -0.2) is 0 Å². The number of hydrogen-bond acceptors (Lipinski definition) is 2. The first-order valence-corrected chi connectivity index (χ1v) is 9.72. The summed E-state index contributed by atoms with van der Waals surface area (Å²) in [6.45, 7) is 2.28. The molecule has 0 heterocycles. The fourth-order valence-corrected chi connectivity index (χ4v) is 6.32. The second kappa shape index (κ2) is 6.62. The molecule has 0 radical (unpaired) electrons. The molecular weight excluding hydrogens is 278 g/mol. The molecule has 0 saturated heterocycles. The molecule has 0 spiro atoms. The average Bonchev–Trinajstić information content (AvgIpc) is 3.00. The van der Waals surface area contributed by atoms with E-state index in [-0.39, 0.29) is 11.3 Å². The van der Waals surface area contributed by atoms with Crippen LogP contribution >= 0.6 is 0 Å². The normalized spacial score (nSPS) is 31.0. The van der Waals surface area contributed by atoms with E-state index in [1.54, 1.807) is 0 Å². The van der Waals surface area contributed by atoms with Gasteiger partial charge in [-0.1, -0.05) is 44.0 Å². The molecule has 4 unspecified atom stereocenters. The lowest BCUT2D eigenvalue weighted by Crippen LogP contribution is -2.39. The van der Waals surface area contributed by atoms with E-state index in [0.29, 0.717) is 11.8 Å². The molecule has 1 aromatic rings. The summed E-state index contributed by atoms with van der Waals surface area (Å²) in [5, 5.41) is 3.71. The molecule has 0 amide bonds. The Morgan fingerprint density at radius 3 is 2.52 bits per heavy atom. The molecule has 2 nitrogen and oxygen atoms in total. The molecule has 0 bridgehead atoms. The molecular formula is C18H27NOS. The molecule has 1 saturated carbocycles. The van der Waals surface area contributed by atoms with Crippen LogP contribution in [0.4, 0.5) is 0 Å². The Balaban J connectivity index is 1.80. The lowest BCUT2D eigenvalue weighted by molar-refractivity contribution is 0.460. The first kappa shape index (κ1) is 15.2. The first-order valence-electron chi connectivity index (χ1n) is 8.34. The fourth-order valence-electron chi connectivity index (χ4n) is 4.19. The van der Waals surface area contributed by atoms with Gasteiger partial charge < -0.3 is 5.32 Å². The van der Waals surface area contributed by atoms with Gasteiger partial charge in [0, 0.05) is 22.6 Å². The van der Waals surface area contributed by atoms with Gasteiger partial charge in [-0.05, 0) is 49.3 Å². The van der Waals surface area contributed by atoms with Crippen LogP contribution in [0.15, 0.2) is 24.3 Å². The summed E-state index contributed by atoms with van der Waals surface area (Å²) in [6, 6.07) is 8.93. The van der Waals surface area contributed by atoms with E-state index in [1.807, 2.05) is 7.05 Å². The summed E-state index contributed by atoms with van der Waals surface area (Å²) in [7, 11) is 1.29. The second-order valence-electron chi connectivity index (χ2n) is 6.77. The smallest absolute Gasteiger partial charge is 0.0548 e. The van der Waals surface area contributed by atoms with Crippen LogP contribution < -0.4 is 5.32 Å². The van der Waals surface area contributed by atoms with Gasteiger partial charge in [0.2, 0.25) is 0 Å². The van der Waals surface area contributed by atoms with Crippen molar-refractivity contribution in [1.29, 1.82) is 0 Å². The minimum atomic E-state index is -0.717. The van der Waals surface area contributed by atoms with E-state index in [1.165, 1.54) is 36.8 Å². The number of rotatable bonds is 4. The number of nitrogens with one attached hydrogen (secondary N) is 1. The molecule has 4 atom stereocenters. The Morgan fingerprint density at radius 1 is 1.19 bits per heavy atom. The highest BCUT2D eigenvalue weighted by molar-refractivity contribution is 7.85. The standard InChI is InChI=1S/C18H27NOS/c1-13-11-17(21(20)12-14-7-3-4-8-14)18(19-2)16-10-6-5-9-15(13)16/h5-6,9-10,13-14,17-19H,3-4,7-8,11-12H2,1-2H3. The Labute approximate surface area is 131 Å². The highest BCUT2D eigenvalue weighted by Gasteiger charge is 2.36. The highest BCUT2D eigenvalue weighted by atomic mass is 32.2. The number of hydrogen-bond donors (Lipinski definition) is 1. The van der Waals surface area contributed by atoms with E-state index >= 15 is 0 Å². The molecule has 1 N–H and O–H groups in total. The van der Waals surface area contributed by atoms with Gasteiger partial charge >= 0.3 is 0 Å². The van der Waals surface area contributed by atoms with Gasteiger partial charge in [0.15, 0.2) is 0 Å². The van der Waals surface area contributed by atoms with Crippen molar-refractivity contribution in [1.82, 2.24) is 5.32 Å². The van der Waals surface area contributed by atoms with Gasteiger partial charge in [0.05, 0.1) is 5.25 Å². The third kappa shape index (κ3) is 3.09. The van der Waals surface area contributed by atoms with Crippen molar-refractivity contribution in [2.24, 2.45) is 5.92 Å². The molecule has 21 heavy (non-hydrogen) atoms. The zero-order valence-corrected chi connectivity index (χ0v) is 14.0. The van der Waals surface area contributed by atoms with Crippen molar-refractivity contribution in [2.75, 3.05) is 12.8 Å². The van der Waals surface area contributed by atoms with Crippen molar-refractivity contribution in [2.45, 2.75) is 56.2 Å². The molecule has 116 valence electrons. The molecule has 2 aliphatic carbocycles. The molecule has 1 fully saturated rings. The van der Waals surface area contributed by atoms with Crippen molar-refractivity contribution < 1.29 is 4.21 Å². The van der Waals surface area contributed by atoms with Crippen molar-refractivity contribution in [3.63, 3.8) is 0 Å². The van der Waals surface area contributed by atoms with Gasteiger partial charge in [-0.3, -0.25) is 4.21 Å². The molecule has 1 aromatic carbocycles. The van der Waals surface area contributed by atoms with Gasteiger partial charge in [0.25, 0.3) is 0 Å². The van der Waals surface area contributed by atoms with E-state index in [2.05, 4.69) is 36.5 Å². The largest absolute Gasteiger partial charge is 0.312 e. The van der Waals surface area contributed by atoms with E-state index in [9.17, 15) is 4.21 Å². The van der Waals surface area contributed by atoms with Crippen LogP contribution in [0.25, 0.3) is 0 Å². The van der Waals surface area contributed by atoms with E-state index < -0.39 is 10.8 Å². The second-order valence-corrected chi connectivity index (χ2v) is 8.47. The van der Waals surface area contributed by atoms with Crippen LogP contribution in [-0.2, 0) is 10.8 Å². The van der Waals surface area contributed by atoms with Crippen LogP contribution in [0, 0.1) is 5.92 Å². The SMILES string of the molecule is CNC1c2ccccc2C(C)CC1S(=O)CC1CCCC1. The molecule has 2 aliphatic rings. The lowest BCUT2D eigenvalue weighted by Gasteiger charge is -2.36. The molecule has 3 rings (SSSR count). The van der Waals surface area contributed by atoms with Crippen LogP contribution in [0.1, 0.15) is 62.1 Å². The molecule has 0 aliphatic heterocycles. The third-order valence-corrected chi connectivity index (χ3v) is 7.28. The summed E-state index contributed by atoms with van der Waals surface area (Å²) in [5.41, 5.74) is 2.80. The summed E-state index contributed by atoms with van der Waals surface area (Å²) in [5.74, 6) is 2.14. The average molecular weight is 305 g/mol. The topological polar surface area (TPSA) is 29.1 Å².